The number of halogens is 1. The summed E-state index contributed by atoms with van der Waals surface area (Å²) >= 11 is 5.73. The molecule has 0 spiro atoms. The molecule has 0 saturated carbocycles. The summed E-state index contributed by atoms with van der Waals surface area (Å²) in [6, 6.07) is 4.25. The lowest BCUT2D eigenvalue weighted by Crippen LogP contribution is -2.10. The second-order valence-electron chi connectivity index (χ2n) is 4.85. The predicted octanol–water partition coefficient (Wildman–Crippen LogP) is 2.69. The smallest absolute Gasteiger partial charge is 0.288 e. The van der Waals surface area contributed by atoms with Gasteiger partial charge in [0.05, 0.1) is 11.5 Å². The number of anilines is 1. The summed E-state index contributed by atoms with van der Waals surface area (Å²) in [6.45, 7) is 2.68. The molecule has 1 heterocycles. The lowest BCUT2D eigenvalue weighted by atomic mass is 10.2. The van der Waals surface area contributed by atoms with Crippen LogP contribution in [0.1, 0.15) is 25.3 Å². The third kappa shape index (κ3) is 4.85. The maximum Gasteiger partial charge on any atom is 0.288 e. The van der Waals surface area contributed by atoms with E-state index in [4.69, 9.17) is 11.6 Å². The number of nitro benzene ring substituents is 1. The van der Waals surface area contributed by atoms with E-state index in [1.54, 1.807) is 6.07 Å². The number of hydrogen-bond donors (Lipinski definition) is 1. The number of benzene rings is 1. The lowest BCUT2D eigenvalue weighted by molar-refractivity contribution is -0.384. The largest absolute Gasteiger partial charge is 0.288 e. The molecule has 24 heavy (non-hydrogen) atoms. The van der Waals surface area contributed by atoms with Gasteiger partial charge in [0.2, 0.25) is 0 Å². The third-order valence-corrected chi connectivity index (χ3v) is 3.31. The summed E-state index contributed by atoms with van der Waals surface area (Å²) in [5.41, 5.74) is 0.251. The fourth-order valence-corrected chi connectivity index (χ4v) is 1.97. The van der Waals surface area contributed by atoms with E-state index in [1.165, 1.54) is 29.1 Å². The van der Waals surface area contributed by atoms with Gasteiger partial charge in [-0.1, -0.05) is 36.1 Å². The van der Waals surface area contributed by atoms with E-state index >= 15 is 0 Å². The molecule has 1 N–H and O–H groups in total. The van der Waals surface area contributed by atoms with E-state index in [2.05, 4.69) is 20.7 Å². The van der Waals surface area contributed by atoms with E-state index < -0.39 is 10.8 Å². The molecule has 0 saturated heterocycles. The summed E-state index contributed by atoms with van der Waals surface area (Å²) in [5, 5.41) is 24.9. The van der Waals surface area contributed by atoms with Crippen LogP contribution in [0.15, 0.2) is 24.3 Å². The van der Waals surface area contributed by atoms with E-state index in [0.29, 0.717) is 12.1 Å². The minimum Gasteiger partial charge on any atom is -0.288 e. The van der Waals surface area contributed by atoms with Crippen LogP contribution in [0.5, 0.6) is 0 Å². The van der Waals surface area contributed by atoms with Crippen molar-refractivity contribution < 1.29 is 9.72 Å². The maximum absolute atomic E-state index is 11.8. The average Bonchev–Trinajstić information content (AvgIpc) is 2.99. The first kappa shape index (κ1) is 17.5. The number of tetrazole rings is 1. The molecule has 0 aliphatic carbocycles. The van der Waals surface area contributed by atoms with Crippen LogP contribution >= 0.6 is 11.6 Å². The van der Waals surface area contributed by atoms with Gasteiger partial charge in [-0.05, 0) is 29.3 Å². The van der Waals surface area contributed by atoms with Crippen molar-refractivity contribution in [1.82, 2.24) is 20.2 Å². The number of amides is 1. The summed E-state index contributed by atoms with van der Waals surface area (Å²) in [4.78, 5) is 23.5. The number of aryl methyl sites for hydroxylation is 1. The molecule has 0 aliphatic heterocycles. The number of carbonyl (C=O) groups excluding carboxylic acids is 1. The van der Waals surface area contributed by atoms with Crippen LogP contribution in [0.4, 0.5) is 11.6 Å². The van der Waals surface area contributed by atoms with Crippen LogP contribution in [0, 0.1) is 10.1 Å². The summed E-state index contributed by atoms with van der Waals surface area (Å²) in [5.74, 6) is -0.370. The Morgan fingerprint density at radius 2 is 2.29 bits per heavy atom. The highest BCUT2D eigenvalue weighted by Gasteiger charge is 2.12. The van der Waals surface area contributed by atoms with Gasteiger partial charge in [-0.2, -0.15) is 4.80 Å². The van der Waals surface area contributed by atoms with Crippen LogP contribution < -0.4 is 5.32 Å². The van der Waals surface area contributed by atoms with Gasteiger partial charge in [-0.3, -0.25) is 20.2 Å². The Balaban J connectivity index is 1.99. The molecule has 0 unspecified atom stereocenters. The highest BCUT2D eigenvalue weighted by atomic mass is 35.5. The van der Waals surface area contributed by atoms with Gasteiger partial charge >= 0.3 is 0 Å². The highest BCUT2D eigenvalue weighted by molar-refractivity contribution is 6.32. The summed E-state index contributed by atoms with van der Waals surface area (Å²) < 4.78 is 0. The number of unbranched alkanes of at least 4 members (excludes halogenated alkanes) is 1. The topological polar surface area (TPSA) is 116 Å². The Labute approximate surface area is 142 Å². The molecule has 9 nitrogen and oxygen atoms in total. The minimum atomic E-state index is -0.585. The SMILES string of the molecule is CCCCn1nnc(NC(=O)C=Cc2ccc(Cl)c([N+](=O)[O-])c2)n1. The monoisotopic (exact) mass is 350 g/mol. The predicted molar refractivity (Wildman–Crippen MR) is 88.5 cm³/mol. The first-order valence-electron chi connectivity index (χ1n) is 7.20. The Kier molecular flexibility index (Phi) is 5.96. The van der Waals surface area contributed by atoms with E-state index in [1.807, 2.05) is 6.92 Å². The van der Waals surface area contributed by atoms with Crippen molar-refractivity contribution in [2.75, 3.05) is 5.32 Å². The molecule has 1 amide bonds. The highest BCUT2D eigenvalue weighted by Crippen LogP contribution is 2.25. The molecule has 0 bridgehead atoms. The summed E-state index contributed by atoms with van der Waals surface area (Å²) in [7, 11) is 0. The van der Waals surface area contributed by atoms with E-state index in [0.717, 1.165) is 12.8 Å². The average molecular weight is 351 g/mol. The number of rotatable bonds is 7. The van der Waals surface area contributed by atoms with Crippen molar-refractivity contribution in [2.45, 2.75) is 26.3 Å². The molecular weight excluding hydrogens is 336 g/mol. The fourth-order valence-electron chi connectivity index (χ4n) is 1.78. The van der Waals surface area contributed by atoms with E-state index in [-0.39, 0.29) is 16.7 Å². The van der Waals surface area contributed by atoms with Crippen LogP contribution in [0.2, 0.25) is 5.02 Å². The number of nitro groups is 1. The second-order valence-corrected chi connectivity index (χ2v) is 5.26. The van der Waals surface area contributed by atoms with Crippen LogP contribution in [-0.4, -0.2) is 31.0 Å². The van der Waals surface area contributed by atoms with Crippen LogP contribution in [-0.2, 0) is 11.3 Å². The molecule has 10 heteroatoms. The van der Waals surface area contributed by atoms with Crippen molar-refractivity contribution in [3.05, 3.63) is 45.0 Å². The zero-order valence-corrected chi connectivity index (χ0v) is 13.6. The van der Waals surface area contributed by atoms with Crippen molar-refractivity contribution in [3.8, 4) is 0 Å². The van der Waals surface area contributed by atoms with Crippen molar-refractivity contribution in [2.24, 2.45) is 0 Å². The van der Waals surface area contributed by atoms with Gasteiger partial charge in [-0.15, -0.1) is 5.10 Å². The zero-order chi connectivity index (χ0) is 17.5. The van der Waals surface area contributed by atoms with Crippen molar-refractivity contribution >= 4 is 35.2 Å². The minimum absolute atomic E-state index is 0.0366. The van der Waals surface area contributed by atoms with Gasteiger partial charge in [0.25, 0.3) is 17.5 Å². The van der Waals surface area contributed by atoms with Crippen LogP contribution in [0.3, 0.4) is 0 Å². The number of aromatic nitrogens is 4. The summed E-state index contributed by atoms with van der Waals surface area (Å²) in [6.07, 6.45) is 4.57. The Bertz CT molecular complexity index is 774. The maximum atomic E-state index is 11.8. The fraction of sp³-hybridized carbons (Fsp3) is 0.286. The number of nitrogens with zero attached hydrogens (tertiary/aromatic N) is 5. The van der Waals surface area contributed by atoms with Crippen molar-refractivity contribution in [3.63, 3.8) is 0 Å². The second kappa shape index (κ2) is 8.16. The molecule has 0 aliphatic rings. The third-order valence-electron chi connectivity index (χ3n) is 2.99. The van der Waals surface area contributed by atoms with Crippen molar-refractivity contribution in [1.29, 1.82) is 0 Å². The van der Waals surface area contributed by atoms with E-state index in [9.17, 15) is 14.9 Å². The molecule has 1 aromatic heterocycles. The number of hydrogen-bond acceptors (Lipinski definition) is 6. The Morgan fingerprint density at radius 1 is 1.50 bits per heavy atom. The molecule has 2 aromatic rings. The van der Waals surface area contributed by atoms with Gasteiger partial charge < -0.3 is 0 Å². The number of carbonyl (C=O) groups is 1. The first-order chi connectivity index (χ1) is 11.5. The van der Waals surface area contributed by atoms with Gasteiger partial charge in [0.15, 0.2) is 0 Å². The van der Waals surface area contributed by atoms with Gasteiger partial charge in [-0.25, -0.2) is 0 Å². The van der Waals surface area contributed by atoms with Gasteiger partial charge in [0.1, 0.15) is 5.02 Å². The normalized spacial score (nSPS) is 10.9. The quantitative estimate of drug-likeness (QED) is 0.466. The Morgan fingerprint density at radius 3 is 3.00 bits per heavy atom. The molecule has 1 aromatic carbocycles. The molecule has 0 atom stereocenters. The first-order valence-corrected chi connectivity index (χ1v) is 7.58. The van der Waals surface area contributed by atoms with Crippen LogP contribution in [0.25, 0.3) is 6.08 Å². The zero-order valence-electron chi connectivity index (χ0n) is 12.8. The van der Waals surface area contributed by atoms with Gasteiger partial charge in [0, 0.05) is 12.1 Å². The molecule has 126 valence electrons. The molecule has 0 fully saturated rings. The lowest BCUT2D eigenvalue weighted by Gasteiger charge is -1.98. The number of nitrogens with one attached hydrogen (secondary N) is 1. The molecule has 0 radical (unpaired) electrons. The molecule has 2 rings (SSSR count). The standard InChI is InChI=1S/C14H15ClN6O3/c1-2-3-8-20-18-14(17-19-20)16-13(22)7-5-10-4-6-11(15)12(9-10)21(23)24/h4-7,9H,2-3,8H2,1H3,(H,16,18,22). The Hall–Kier alpha value is -2.81. The molecular formula is C14H15ClN6O3.